The maximum Gasteiger partial charge on any atom is 0.111 e. The lowest BCUT2D eigenvalue weighted by Crippen LogP contribution is -2.47. The Morgan fingerprint density at radius 1 is 1.12 bits per heavy atom. The summed E-state index contributed by atoms with van der Waals surface area (Å²) in [5.74, 6) is 0. The first-order valence-electron chi connectivity index (χ1n) is 4.95. The Morgan fingerprint density at radius 2 is 1.62 bits per heavy atom. The van der Waals surface area contributed by atoms with Crippen LogP contribution in [0.25, 0.3) is 0 Å². The molecular weight excluding hydrogens is 216 g/mol. The monoisotopic (exact) mass is 236 g/mol. The number of hydrogen-bond acceptors (Lipinski definition) is 6. The lowest BCUT2D eigenvalue weighted by Gasteiger charge is -2.25. The normalized spacial score (nSPS) is 18.9. The van der Waals surface area contributed by atoms with Crippen LogP contribution >= 0.6 is 0 Å². The Balaban J connectivity index is 3.97. The van der Waals surface area contributed by atoms with Crippen LogP contribution in [0, 0.1) is 0 Å². The second-order valence-corrected chi connectivity index (χ2v) is 3.77. The summed E-state index contributed by atoms with van der Waals surface area (Å²) in [5.41, 5.74) is 0.762. The van der Waals surface area contributed by atoms with E-state index < -0.39 is 31.0 Å². The van der Waals surface area contributed by atoms with Gasteiger partial charge in [-0.25, -0.2) is 0 Å². The maximum absolute atomic E-state index is 9.39. The molecule has 0 fully saturated rings. The van der Waals surface area contributed by atoms with E-state index in [1.807, 2.05) is 0 Å². The third-order valence-corrected chi connectivity index (χ3v) is 1.96. The van der Waals surface area contributed by atoms with Crippen LogP contribution in [0.3, 0.4) is 0 Å². The van der Waals surface area contributed by atoms with E-state index in [-0.39, 0.29) is 13.2 Å². The first kappa shape index (κ1) is 15.5. The van der Waals surface area contributed by atoms with Gasteiger partial charge in [-0.3, -0.25) is 0 Å². The highest BCUT2D eigenvalue weighted by Crippen LogP contribution is 2.05. The van der Waals surface area contributed by atoms with Crippen molar-refractivity contribution in [2.45, 2.75) is 31.3 Å². The van der Waals surface area contributed by atoms with Crippen molar-refractivity contribution in [2.24, 2.45) is 0 Å². The van der Waals surface area contributed by atoms with Crippen molar-refractivity contribution in [3.8, 4) is 0 Å². The van der Waals surface area contributed by atoms with Gasteiger partial charge in [0.2, 0.25) is 0 Å². The molecule has 0 aromatic heterocycles. The Labute approximate surface area is 94.4 Å². The molecule has 16 heavy (non-hydrogen) atoms. The first-order valence-corrected chi connectivity index (χ1v) is 4.95. The van der Waals surface area contributed by atoms with Gasteiger partial charge in [0, 0.05) is 0 Å². The molecule has 0 amide bonds. The van der Waals surface area contributed by atoms with E-state index in [0.717, 1.165) is 5.57 Å². The van der Waals surface area contributed by atoms with Crippen LogP contribution < -0.4 is 0 Å². The van der Waals surface area contributed by atoms with Crippen molar-refractivity contribution in [1.29, 1.82) is 0 Å². The molecule has 0 saturated carbocycles. The zero-order chi connectivity index (χ0) is 12.7. The van der Waals surface area contributed by atoms with Gasteiger partial charge < -0.3 is 30.3 Å². The molecule has 5 N–H and O–H groups in total. The summed E-state index contributed by atoms with van der Waals surface area (Å²) < 4.78 is 4.98. The van der Waals surface area contributed by atoms with Crippen molar-refractivity contribution in [3.05, 3.63) is 12.2 Å². The number of aliphatic hydroxyl groups is 5. The summed E-state index contributed by atoms with van der Waals surface area (Å²) in [6.45, 7) is 4.68. The van der Waals surface area contributed by atoms with Gasteiger partial charge in [0.05, 0.1) is 19.8 Å². The molecule has 0 spiro atoms. The van der Waals surface area contributed by atoms with Crippen LogP contribution in [0.15, 0.2) is 12.2 Å². The summed E-state index contributed by atoms with van der Waals surface area (Å²) >= 11 is 0. The molecule has 0 unspecified atom stereocenters. The predicted octanol–water partition coefficient (Wildman–Crippen LogP) is -1.98. The highest BCUT2D eigenvalue weighted by Gasteiger charge is 2.29. The van der Waals surface area contributed by atoms with Gasteiger partial charge in [-0.15, -0.1) is 0 Å². The average Bonchev–Trinajstić information content (AvgIpc) is 2.25. The lowest BCUT2D eigenvalue weighted by molar-refractivity contribution is -0.128. The van der Waals surface area contributed by atoms with E-state index in [9.17, 15) is 15.3 Å². The van der Waals surface area contributed by atoms with Gasteiger partial charge in [-0.2, -0.15) is 0 Å². The third kappa shape index (κ3) is 5.55. The Morgan fingerprint density at radius 3 is 2.06 bits per heavy atom. The first-order chi connectivity index (χ1) is 7.40. The van der Waals surface area contributed by atoms with Crippen molar-refractivity contribution < 1.29 is 30.3 Å². The fourth-order valence-corrected chi connectivity index (χ4v) is 1.02. The molecular formula is C10H20O6. The molecule has 6 nitrogen and oxygen atoms in total. The fraction of sp³-hybridized carbons (Fsp3) is 0.800. The number of rotatable bonds is 8. The molecule has 4 atom stereocenters. The Bertz CT molecular complexity index is 207. The summed E-state index contributed by atoms with van der Waals surface area (Å²) in [7, 11) is 0. The summed E-state index contributed by atoms with van der Waals surface area (Å²) in [5, 5.41) is 45.6. The van der Waals surface area contributed by atoms with E-state index in [2.05, 4.69) is 6.58 Å². The second-order valence-electron chi connectivity index (χ2n) is 3.77. The van der Waals surface area contributed by atoms with Crippen LogP contribution in [0.1, 0.15) is 6.92 Å². The van der Waals surface area contributed by atoms with Gasteiger partial charge in [-0.05, 0) is 6.92 Å². The van der Waals surface area contributed by atoms with Crippen LogP contribution in [0.2, 0.25) is 0 Å². The summed E-state index contributed by atoms with van der Waals surface area (Å²) in [6, 6.07) is 0. The molecule has 0 aliphatic heterocycles. The Kier molecular flexibility index (Phi) is 7.48. The highest BCUT2D eigenvalue weighted by atomic mass is 16.5. The van der Waals surface area contributed by atoms with Crippen molar-refractivity contribution in [2.75, 3.05) is 19.8 Å². The topological polar surface area (TPSA) is 110 Å². The van der Waals surface area contributed by atoms with E-state index in [1.54, 1.807) is 6.92 Å². The van der Waals surface area contributed by atoms with Crippen molar-refractivity contribution >= 4 is 0 Å². The molecule has 0 aliphatic carbocycles. The molecule has 0 aliphatic rings. The molecule has 0 aromatic carbocycles. The zero-order valence-electron chi connectivity index (χ0n) is 9.28. The zero-order valence-corrected chi connectivity index (χ0v) is 9.28. The SMILES string of the molecule is C=C(C)COC[C@@H](O)[C@@H](O)[C@H](O)[C@H](O)CO. The van der Waals surface area contributed by atoms with Gasteiger partial charge in [-0.1, -0.05) is 12.2 Å². The number of hydrogen-bond donors (Lipinski definition) is 5. The summed E-state index contributed by atoms with van der Waals surface area (Å²) in [4.78, 5) is 0. The molecule has 6 heteroatoms. The highest BCUT2D eigenvalue weighted by molar-refractivity contribution is 4.88. The van der Waals surface area contributed by atoms with Gasteiger partial charge in [0.15, 0.2) is 0 Å². The molecule has 0 bridgehead atoms. The van der Waals surface area contributed by atoms with Crippen molar-refractivity contribution in [3.63, 3.8) is 0 Å². The van der Waals surface area contributed by atoms with Gasteiger partial charge >= 0.3 is 0 Å². The third-order valence-electron chi connectivity index (χ3n) is 1.96. The fourth-order valence-electron chi connectivity index (χ4n) is 1.02. The van der Waals surface area contributed by atoms with E-state index in [4.69, 9.17) is 14.9 Å². The van der Waals surface area contributed by atoms with E-state index >= 15 is 0 Å². The van der Waals surface area contributed by atoms with Crippen LogP contribution in [0.5, 0.6) is 0 Å². The molecule has 0 saturated heterocycles. The number of aliphatic hydroxyl groups excluding tert-OH is 5. The predicted molar refractivity (Wildman–Crippen MR) is 56.7 cm³/mol. The van der Waals surface area contributed by atoms with E-state index in [1.165, 1.54) is 0 Å². The molecule has 96 valence electrons. The van der Waals surface area contributed by atoms with Gasteiger partial charge in [0.25, 0.3) is 0 Å². The van der Waals surface area contributed by atoms with Gasteiger partial charge in [0.1, 0.15) is 24.4 Å². The molecule has 0 rings (SSSR count). The molecule has 0 heterocycles. The van der Waals surface area contributed by atoms with Crippen LogP contribution in [-0.4, -0.2) is 69.8 Å². The lowest BCUT2D eigenvalue weighted by atomic mass is 10.0. The largest absolute Gasteiger partial charge is 0.394 e. The Hall–Kier alpha value is -0.500. The standard InChI is InChI=1S/C10H20O6/c1-6(2)4-16-5-8(13)10(15)9(14)7(12)3-11/h7-15H,1,3-5H2,2H3/t7-,8-,9-,10-/m1/s1. The van der Waals surface area contributed by atoms with Crippen molar-refractivity contribution in [1.82, 2.24) is 0 Å². The minimum Gasteiger partial charge on any atom is -0.394 e. The minimum absolute atomic E-state index is 0.191. The molecule has 0 radical (unpaired) electrons. The average molecular weight is 236 g/mol. The summed E-state index contributed by atoms with van der Waals surface area (Å²) in [6.07, 6.45) is -6.03. The maximum atomic E-state index is 9.39. The smallest absolute Gasteiger partial charge is 0.111 e. The molecule has 0 aromatic rings. The minimum atomic E-state index is -1.62. The van der Waals surface area contributed by atoms with E-state index in [0.29, 0.717) is 0 Å². The number of ether oxygens (including phenoxy) is 1. The second kappa shape index (κ2) is 7.72. The quantitative estimate of drug-likeness (QED) is 0.312. The van der Waals surface area contributed by atoms with Crippen LogP contribution in [0.4, 0.5) is 0 Å². The van der Waals surface area contributed by atoms with Crippen LogP contribution in [-0.2, 0) is 4.74 Å².